The molecule has 1 radical (unpaired) electrons. The minimum Gasteiger partial charge on any atom is -0.501 e. The van der Waals surface area contributed by atoms with E-state index in [2.05, 4.69) is 118 Å². The van der Waals surface area contributed by atoms with Crippen LogP contribution in [0.3, 0.4) is 0 Å². The number of hydrogen-bond donors (Lipinski definition) is 0. The Morgan fingerprint density at radius 1 is 0.772 bits per heavy atom. The maximum Gasteiger partial charge on any atom is 0.120 e. The predicted octanol–water partition coefficient (Wildman–Crippen LogP) is 13.9. The molecule has 5 heteroatoms. The van der Waals surface area contributed by atoms with E-state index in [1.807, 2.05) is 80.8 Å². The van der Waals surface area contributed by atoms with Gasteiger partial charge in [0.05, 0.1) is 13.7 Å². The third-order valence-corrected chi connectivity index (χ3v) is 11.9. The first-order valence-electron chi connectivity index (χ1n) is 21.3. The van der Waals surface area contributed by atoms with Gasteiger partial charge in [-0.1, -0.05) is 168 Å². The maximum absolute atomic E-state index is 8.66. The summed E-state index contributed by atoms with van der Waals surface area (Å²) < 4.78 is 38.7. The van der Waals surface area contributed by atoms with Crippen LogP contribution in [0.4, 0.5) is 0 Å². The second-order valence-corrected chi connectivity index (χ2v) is 22.0. The Hall–Kier alpha value is -4.93. The summed E-state index contributed by atoms with van der Waals surface area (Å²) in [5.41, 5.74) is 11.6. The maximum atomic E-state index is 8.66. The first-order valence-corrected chi connectivity index (χ1v) is 22.8. The number of benzene rings is 5. The molecule has 5 aromatic carbocycles. The summed E-state index contributed by atoms with van der Waals surface area (Å²) >= 11 is 0. The first kappa shape index (κ1) is 36.4. The van der Waals surface area contributed by atoms with Crippen molar-refractivity contribution in [2.24, 2.45) is 5.41 Å². The van der Waals surface area contributed by atoms with Crippen LogP contribution in [0.5, 0.6) is 0 Å². The fourth-order valence-electron chi connectivity index (χ4n) is 7.19. The van der Waals surface area contributed by atoms with E-state index in [-0.39, 0.29) is 31.1 Å². The van der Waals surface area contributed by atoms with Crippen molar-refractivity contribution in [3.63, 3.8) is 0 Å². The van der Waals surface area contributed by atoms with Gasteiger partial charge in [0.1, 0.15) is 5.58 Å². The molecule has 0 aliphatic heterocycles. The minimum atomic E-state index is -2.23. The molecule has 0 aliphatic carbocycles. The van der Waals surface area contributed by atoms with Gasteiger partial charge in [-0.3, -0.25) is 0 Å². The van der Waals surface area contributed by atoms with Gasteiger partial charge in [0.2, 0.25) is 0 Å². The van der Waals surface area contributed by atoms with Crippen molar-refractivity contribution in [3.05, 3.63) is 163 Å². The van der Waals surface area contributed by atoms with E-state index in [9.17, 15) is 0 Å². The minimum absolute atomic E-state index is 0. The molecule has 0 unspecified atom stereocenters. The molecule has 0 N–H and O–H groups in total. The van der Waals surface area contributed by atoms with Crippen molar-refractivity contribution < 1.29 is 30.0 Å². The number of furan rings is 1. The second-order valence-electron chi connectivity index (χ2n) is 17.0. The largest absolute Gasteiger partial charge is 0.501 e. The molecule has 291 valence electrons. The average Bonchev–Trinajstić information content (AvgIpc) is 3.58. The number of aromatic nitrogens is 2. The van der Waals surface area contributed by atoms with E-state index in [1.54, 1.807) is 6.07 Å². The molecular weight excluding hydrogens is 889 g/mol. The average molecular weight is 945 g/mol. The van der Waals surface area contributed by atoms with Gasteiger partial charge in [-0.15, -0.1) is 47.5 Å². The van der Waals surface area contributed by atoms with E-state index in [0.717, 1.165) is 56.3 Å². The molecule has 0 spiro atoms. The molecular formula is C52H52IrN2OSi-2. The molecule has 0 fully saturated rings. The van der Waals surface area contributed by atoms with Crippen LogP contribution in [0.2, 0.25) is 19.6 Å². The molecule has 3 heterocycles. The van der Waals surface area contributed by atoms with Gasteiger partial charge in [0.25, 0.3) is 0 Å². The van der Waals surface area contributed by atoms with E-state index in [4.69, 9.17) is 14.9 Å². The fraction of sp³-hybridized carbons (Fsp3) is 0.231. The zero-order chi connectivity index (χ0) is 43.0. The summed E-state index contributed by atoms with van der Waals surface area (Å²) in [6.45, 7) is 15.1. The van der Waals surface area contributed by atoms with Crippen LogP contribution in [-0.4, -0.2) is 18.0 Å². The topological polar surface area (TPSA) is 38.9 Å². The van der Waals surface area contributed by atoms with Gasteiger partial charge in [-0.2, -0.15) is 0 Å². The molecule has 0 saturated heterocycles. The SMILES string of the molecule is CC(C)(C)Cc1ccnc(-c2[c-]ccc3c2oc2ccc(-c4ccccc4)cc23)c1.[2H]C([2H])([2H])c1c[c-]c(-c2cc(C([2H])(C)C)c([Si](C)(C)C)cn2)cc1-c1ccccc1.[Ir]. The third kappa shape index (κ3) is 9.62. The number of hydrogen-bond acceptors (Lipinski definition) is 3. The van der Waals surface area contributed by atoms with Crippen LogP contribution in [0.25, 0.3) is 66.7 Å². The molecule has 8 rings (SSSR count). The van der Waals surface area contributed by atoms with Crippen molar-refractivity contribution in [1.82, 2.24) is 9.97 Å². The molecule has 0 amide bonds. The van der Waals surface area contributed by atoms with Crippen LogP contribution in [-0.2, 0) is 26.5 Å². The molecule has 57 heavy (non-hydrogen) atoms. The van der Waals surface area contributed by atoms with Crippen molar-refractivity contribution >= 4 is 35.2 Å². The zero-order valence-electron chi connectivity index (χ0n) is 38.0. The van der Waals surface area contributed by atoms with Crippen LogP contribution >= 0.6 is 0 Å². The summed E-state index contributed by atoms with van der Waals surface area (Å²) in [6, 6.07) is 46.6. The van der Waals surface area contributed by atoms with Crippen molar-refractivity contribution in [1.29, 1.82) is 0 Å². The monoisotopic (exact) mass is 945 g/mol. The van der Waals surface area contributed by atoms with E-state index >= 15 is 0 Å². The standard InChI is InChI=1S/C28H24NO.C24H28NSi.Ir/c1-28(2,3)18-19-14-15-29-25(16-19)23-11-7-10-22-24-17-21(20-8-5-4-6-9-20)12-13-26(24)30-27(22)23;1-17(2)21-15-23(25-16-24(21)26(4,5)6)20-13-12-18(3)22(14-20)19-10-8-7-9-11-19;/h4-10,12-17H,18H2,1-3H3;7-12,14-17H,1-6H3;/q2*-1;/i;3D3,17D;. The summed E-state index contributed by atoms with van der Waals surface area (Å²) in [5.74, 6) is -0.756. The Labute approximate surface area is 359 Å². The Morgan fingerprint density at radius 2 is 1.49 bits per heavy atom. The van der Waals surface area contributed by atoms with Gasteiger partial charge >= 0.3 is 0 Å². The van der Waals surface area contributed by atoms with E-state index in [0.29, 0.717) is 11.3 Å². The van der Waals surface area contributed by atoms with Crippen LogP contribution in [0.1, 0.15) is 62.7 Å². The molecule has 8 aromatic rings. The molecule has 3 aromatic heterocycles. The third-order valence-electron chi connectivity index (χ3n) is 9.92. The van der Waals surface area contributed by atoms with Crippen LogP contribution in [0.15, 0.2) is 138 Å². The number of pyridine rings is 2. The summed E-state index contributed by atoms with van der Waals surface area (Å²) in [6.07, 6.45) is 4.79. The smallest absolute Gasteiger partial charge is 0.120 e. The van der Waals surface area contributed by atoms with Gasteiger partial charge in [-0.05, 0) is 69.2 Å². The Kier molecular flexibility index (Phi) is 11.0. The Morgan fingerprint density at radius 3 is 2.16 bits per heavy atom. The first-order chi connectivity index (χ1) is 28.3. The number of rotatable bonds is 7. The van der Waals surface area contributed by atoms with Crippen LogP contribution < -0.4 is 5.19 Å². The van der Waals surface area contributed by atoms with Crippen molar-refractivity contribution in [3.8, 4) is 44.8 Å². The van der Waals surface area contributed by atoms with E-state index < -0.39 is 20.8 Å². The van der Waals surface area contributed by atoms with Gasteiger partial charge in [-0.25, -0.2) is 0 Å². The van der Waals surface area contributed by atoms with Crippen molar-refractivity contribution in [2.75, 3.05) is 0 Å². The van der Waals surface area contributed by atoms with Crippen LogP contribution in [0, 0.1) is 24.4 Å². The van der Waals surface area contributed by atoms with Gasteiger partial charge in [0.15, 0.2) is 0 Å². The quantitative estimate of drug-likeness (QED) is 0.118. The molecule has 0 atom stereocenters. The van der Waals surface area contributed by atoms with Crippen molar-refractivity contribution in [2.45, 2.75) is 73.4 Å². The normalized spacial score (nSPS) is 13.1. The summed E-state index contributed by atoms with van der Waals surface area (Å²) in [5, 5.41) is 3.39. The molecule has 3 nitrogen and oxygen atoms in total. The summed E-state index contributed by atoms with van der Waals surface area (Å²) in [4.78, 5) is 9.33. The molecule has 0 saturated carbocycles. The van der Waals surface area contributed by atoms with Gasteiger partial charge in [0, 0.05) is 43.4 Å². The fourth-order valence-corrected chi connectivity index (χ4v) is 8.77. The number of aryl methyl sites for hydroxylation is 1. The zero-order valence-corrected chi connectivity index (χ0v) is 37.4. The molecule has 0 bridgehead atoms. The Balaban J connectivity index is 0.000000201. The summed E-state index contributed by atoms with van der Waals surface area (Å²) in [7, 11) is -1.68. The molecule has 0 aliphatic rings. The van der Waals surface area contributed by atoms with E-state index in [1.165, 1.54) is 21.9 Å². The number of fused-ring (bicyclic) bond motifs is 3. The number of nitrogens with zero attached hydrogens (tertiary/aromatic N) is 2. The van der Waals surface area contributed by atoms with Gasteiger partial charge < -0.3 is 14.4 Å². The Bertz CT molecular complexity index is 2780. The predicted molar refractivity (Wildman–Crippen MR) is 240 cm³/mol. The second kappa shape index (κ2) is 17.3.